The van der Waals surface area contributed by atoms with Gasteiger partial charge in [-0.3, -0.25) is 4.79 Å². The van der Waals surface area contributed by atoms with Crippen molar-refractivity contribution in [3.8, 4) is 0 Å². The van der Waals surface area contributed by atoms with Crippen molar-refractivity contribution in [2.75, 3.05) is 13.1 Å². The fraction of sp³-hybridized carbons (Fsp3) is 0.917. The molecule has 0 aromatic rings. The molecule has 0 spiro atoms. The van der Waals surface area contributed by atoms with Gasteiger partial charge in [-0.05, 0) is 25.2 Å². The second-order valence-corrected chi connectivity index (χ2v) is 5.54. The van der Waals surface area contributed by atoms with E-state index in [9.17, 15) is 4.79 Å². The summed E-state index contributed by atoms with van der Waals surface area (Å²) in [5.74, 6) is 1.14. The third-order valence-corrected chi connectivity index (χ3v) is 4.29. The molecule has 1 heterocycles. The molecule has 0 aromatic carbocycles. The summed E-state index contributed by atoms with van der Waals surface area (Å²) in [5.41, 5.74) is 0. The van der Waals surface area contributed by atoms with Gasteiger partial charge in [0.25, 0.3) is 0 Å². The van der Waals surface area contributed by atoms with Gasteiger partial charge in [0.15, 0.2) is 0 Å². The molecule has 0 aliphatic carbocycles. The van der Waals surface area contributed by atoms with Gasteiger partial charge in [-0.25, -0.2) is 0 Å². The molecule has 1 aliphatic rings. The van der Waals surface area contributed by atoms with Crippen LogP contribution in [0.5, 0.6) is 0 Å². The van der Waals surface area contributed by atoms with Gasteiger partial charge >= 0.3 is 0 Å². The molecule has 0 aromatic heterocycles. The van der Waals surface area contributed by atoms with Gasteiger partial charge < -0.3 is 4.90 Å². The van der Waals surface area contributed by atoms with Gasteiger partial charge in [0.2, 0.25) is 5.91 Å². The van der Waals surface area contributed by atoms with E-state index in [2.05, 4.69) is 22.9 Å². The number of amides is 1. The number of alkyl halides is 1. The van der Waals surface area contributed by atoms with Gasteiger partial charge in [-0.1, -0.05) is 42.6 Å². The van der Waals surface area contributed by atoms with Crippen LogP contribution in [0.1, 0.15) is 46.0 Å². The fourth-order valence-electron chi connectivity index (χ4n) is 2.22. The molecule has 1 aliphatic heterocycles. The monoisotopic (exact) mass is 275 g/mol. The summed E-state index contributed by atoms with van der Waals surface area (Å²) in [6.45, 7) is 6.21. The molecule has 1 fully saturated rings. The Morgan fingerprint density at radius 1 is 1.40 bits per heavy atom. The van der Waals surface area contributed by atoms with Crippen molar-refractivity contribution in [1.29, 1.82) is 0 Å². The number of hydrogen-bond acceptors (Lipinski definition) is 1. The van der Waals surface area contributed by atoms with Gasteiger partial charge in [-0.15, -0.1) is 0 Å². The molecule has 1 saturated heterocycles. The molecule has 0 radical (unpaired) electrons. The average Bonchev–Trinajstić information content (AvgIpc) is 2.28. The topological polar surface area (TPSA) is 20.3 Å². The van der Waals surface area contributed by atoms with Crippen LogP contribution in [0.4, 0.5) is 0 Å². The predicted octanol–water partition coefficient (Wildman–Crippen LogP) is 3.20. The van der Waals surface area contributed by atoms with Crippen LogP contribution in [0.3, 0.4) is 0 Å². The first-order valence-corrected chi connectivity index (χ1v) is 7.03. The highest BCUT2D eigenvalue weighted by Crippen LogP contribution is 2.23. The lowest BCUT2D eigenvalue weighted by atomic mass is 9.92. The van der Waals surface area contributed by atoms with Crippen molar-refractivity contribution in [3.05, 3.63) is 0 Å². The van der Waals surface area contributed by atoms with Crippen molar-refractivity contribution < 1.29 is 4.79 Å². The summed E-state index contributed by atoms with van der Waals surface area (Å²) in [5, 5.41) is 0. The van der Waals surface area contributed by atoms with Crippen LogP contribution in [0.25, 0.3) is 0 Å². The Balaban J connectivity index is 2.33. The fourth-order valence-corrected chi connectivity index (χ4v) is 2.51. The summed E-state index contributed by atoms with van der Waals surface area (Å²) in [6.07, 6.45) is 5.88. The van der Waals surface area contributed by atoms with E-state index >= 15 is 0 Å². The quantitative estimate of drug-likeness (QED) is 0.722. The zero-order chi connectivity index (χ0) is 11.3. The highest BCUT2D eigenvalue weighted by molar-refractivity contribution is 9.10. The van der Waals surface area contributed by atoms with Crippen LogP contribution in [0.15, 0.2) is 0 Å². The van der Waals surface area contributed by atoms with Crippen LogP contribution >= 0.6 is 15.9 Å². The standard InChI is InChI=1S/C12H22BrNO/c1-3-5-10-6-8-14(9-7-10)12(15)11(13)4-2/h10-11H,3-9H2,1-2H3. The Labute approximate surface area is 102 Å². The highest BCUT2D eigenvalue weighted by atomic mass is 79.9. The Bertz CT molecular complexity index is 200. The van der Waals surface area contributed by atoms with Gasteiger partial charge in [0.1, 0.15) is 0 Å². The summed E-state index contributed by atoms with van der Waals surface area (Å²) in [7, 11) is 0. The molecule has 1 unspecified atom stereocenters. The summed E-state index contributed by atoms with van der Waals surface area (Å²) < 4.78 is 0. The van der Waals surface area contributed by atoms with Crippen molar-refractivity contribution in [2.24, 2.45) is 5.92 Å². The number of nitrogens with zero attached hydrogens (tertiary/aromatic N) is 1. The molecular weight excluding hydrogens is 254 g/mol. The van der Waals surface area contributed by atoms with Crippen LogP contribution in [0.2, 0.25) is 0 Å². The molecule has 15 heavy (non-hydrogen) atoms. The summed E-state index contributed by atoms with van der Waals surface area (Å²) in [4.78, 5) is 13.9. The second kappa shape index (κ2) is 6.51. The molecule has 1 amide bonds. The van der Waals surface area contributed by atoms with E-state index in [1.165, 1.54) is 25.7 Å². The molecule has 3 heteroatoms. The maximum Gasteiger partial charge on any atom is 0.236 e. The summed E-state index contributed by atoms with van der Waals surface area (Å²) in [6, 6.07) is 0. The minimum atomic E-state index is 0.0280. The minimum Gasteiger partial charge on any atom is -0.342 e. The van der Waals surface area contributed by atoms with Crippen molar-refractivity contribution >= 4 is 21.8 Å². The minimum absolute atomic E-state index is 0.0280. The average molecular weight is 276 g/mol. The maximum atomic E-state index is 11.9. The molecule has 0 bridgehead atoms. The van der Waals surface area contributed by atoms with Gasteiger partial charge in [-0.2, -0.15) is 0 Å². The van der Waals surface area contributed by atoms with Gasteiger partial charge in [0, 0.05) is 13.1 Å². The third-order valence-electron chi connectivity index (χ3n) is 3.25. The Morgan fingerprint density at radius 3 is 2.47 bits per heavy atom. The van der Waals surface area contributed by atoms with Gasteiger partial charge in [0.05, 0.1) is 4.83 Å². The van der Waals surface area contributed by atoms with Crippen LogP contribution in [-0.2, 0) is 4.79 Å². The molecule has 1 rings (SSSR count). The first-order chi connectivity index (χ1) is 7.19. The van der Waals surface area contributed by atoms with E-state index < -0.39 is 0 Å². The van der Waals surface area contributed by atoms with E-state index in [-0.39, 0.29) is 10.7 Å². The van der Waals surface area contributed by atoms with Crippen LogP contribution < -0.4 is 0 Å². The van der Waals surface area contributed by atoms with E-state index in [1.807, 2.05) is 11.8 Å². The molecular formula is C12H22BrNO. The molecule has 0 saturated carbocycles. The second-order valence-electron chi connectivity index (χ2n) is 4.43. The molecule has 88 valence electrons. The lowest BCUT2D eigenvalue weighted by molar-refractivity contribution is -0.131. The predicted molar refractivity (Wildman–Crippen MR) is 67.2 cm³/mol. The first-order valence-electron chi connectivity index (χ1n) is 6.11. The SMILES string of the molecule is CCCC1CCN(C(=O)C(Br)CC)CC1. The number of carbonyl (C=O) groups is 1. The lowest BCUT2D eigenvalue weighted by Gasteiger charge is -2.33. The Kier molecular flexibility index (Phi) is 5.65. The Morgan fingerprint density at radius 2 is 2.00 bits per heavy atom. The van der Waals surface area contributed by atoms with Crippen molar-refractivity contribution in [3.63, 3.8) is 0 Å². The summed E-state index contributed by atoms with van der Waals surface area (Å²) >= 11 is 3.43. The third kappa shape index (κ3) is 3.78. The molecule has 2 nitrogen and oxygen atoms in total. The number of rotatable bonds is 4. The molecule has 1 atom stereocenters. The number of likely N-dealkylation sites (tertiary alicyclic amines) is 1. The van der Waals surface area contributed by atoms with E-state index in [0.29, 0.717) is 0 Å². The van der Waals surface area contributed by atoms with E-state index in [0.717, 1.165) is 25.4 Å². The largest absolute Gasteiger partial charge is 0.342 e. The smallest absolute Gasteiger partial charge is 0.236 e. The highest BCUT2D eigenvalue weighted by Gasteiger charge is 2.25. The van der Waals surface area contributed by atoms with E-state index in [4.69, 9.17) is 0 Å². The number of halogens is 1. The normalized spacial score (nSPS) is 20.3. The van der Waals surface area contributed by atoms with Crippen molar-refractivity contribution in [2.45, 2.75) is 50.8 Å². The maximum absolute atomic E-state index is 11.9. The van der Waals surface area contributed by atoms with Crippen LogP contribution in [-0.4, -0.2) is 28.7 Å². The Hall–Kier alpha value is -0.0500. The van der Waals surface area contributed by atoms with Crippen LogP contribution in [0, 0.1) is 5.92 Å². The zero-order valence-electron chi connectivity index (χ0n) is 9.84. The first kappa shape index (κ1) is 13.0. The van der Waals surface area contributed by atoms with E-state index in [1.54, 1.807) is 0 Å². The zero-order valence-corrected chi connectivity index (χ0v) is 11.4. The number of carbonyl (C=O) groups excluding carboxylic acids is 1. The number of piperidine rings is 1. The lowest BCUT2D eigenvalue weighted by Crippen LogP contribution is -2.42. The van der Waals surface area contributed by atoms with Crippen molar-refractivity contribution in [1.82, 2.24) is 4.90 Å². The number of hydrogen-bond donors (Lipinski definition) is 0. The molecule has 0 N–H and O–H groups in total.